The molecule has 0 spiro atoms. The van der Waals surface area contributed by atoms with Gasteiger partial charge in [0.1, 0.15) is 5.82 Å². The number of benzene rings is 1. The zero-order valence-corrected chi connectivity index (χ0v) is 19.1. The highest BCUT2D eigenvalue weighted by molar-refractivity contribution is 5.95. The van der Waals surface area contributed by atoms with E-state index in [2.05, 4.69) is 49.9 Å². The number of aromatic nitrogens is 2. The van der Waals surface area contributed by atoms with E-state index >= 15 is 0 Å². The van der Waals surface area contributed by atoms with Crippen molar-refractivity contribution in [2.45, 2.75) is 84.3 Å². The maximum Gasteiger partial charge on any atom is 0.257 e. The molecule has 6 heteroatoms. The second-order valence-electron chi connectivity index (χ2n) is 9.84. The number of halogens is 1. The van der Waals surface area contributed by atoms with Crippen LogP contribution in [0.25, 0.3) is 5.69 Å². The van der Waals surface area contributed by atoms with Crippen LogP contribution in [0.4, 0.5) is 4.39 Å². The van der Waals surface area contributed by atoms with Gasteiger partial charge in [-0.3, -0.25) is 4.79 Å². The van der Waals surface area contributed by atoms with Crippen LogP contribution in [0.3, 0.4) is 0 Å². The Kier molecular flexibility index (Phi) is 6.37. The zero-order valence-electron chi connectivity index (χ0n) is 19.1. The largest absolute Gasteiger partial charge is 0.335 e. The predicted octanol–water partition coefficient (Wildman–Crippen LogP) is 4.87. The third kappa shape index (κ3) is 4.91. The third-order valence-electron chi connectivity index (χ3n) is 5.93. The highest BCUT2D eigenvalue weighted by atomic mass is 19.1. The zero-order chi connectivity index (χ0) is 22.1. The number of amides is 1. The van der Waals surface area contributed by atoms with E-state index in [-0.39, 0.29) is 28.8 Å². The lowest BCUT2D eigenvalue weighted by atomic mass is 9.78. The van der Waals surface area contributed by atoms with Crippen LogP contribution in [-0.2, 0) is 0 Å². The minimum atomic E-state index is -0.290. The summed E-state index contributed by atoms with van der Waals surface area (Å²) in [7, 11) is 0. The van der Waals surface area contributed by atoms with Gasteiger partial charge in [-0.25, -0.2) is 9.07 Å². The fourth-order valence-electron chi connectivity index (χ4n) is 4.88. The van der Waals surface area contributed by atoms with E-state index in [4.69, 9.17) is 0 Å². The molecule has 1 aliphatic rings. The summed E-state index contributed by atoms with van der Waals surface area (Å²) in [6, 6.07) is 6.34. The quantitative estimate of drug-likeness (QED) is 0.734. The minimum absolute atomic E-state index is 0.0350. The number of hydrogen-bond acceptors (Lipinski definition) is 3. The van der Waals surface area contributed by atoms with E-state index in [9.17, 15) is 9.18 Å². The smallest absolute Gasteiger partial charge is 0.257 e. The number of piperidine rings is 1. The summed E-state index contributed by atoms with van der Waals surface area (Å²) < 4.78 is 15.0. The Morgan fingerprint density at radius 2 is 1.80 bits per heavy atom. The lowest BCUT2D eigenvalue weighted by Crippen LogP contribution is -2.62. The number of nitrogens with zero attached hydrogens (tertiary/aromatic N) is 3. The van der Waals surface area contributed by atoms with Crippen LogP contribution in [0.1, 0.15) is 76.4 Å². The maximum absolute atomic E-state index is 13.7. The second-order valence-corrected chi connectivity index (χ2v) is 9.84. The van der Waals surface area contributed by atoms with Crippen molar-refractivity contribution in [1.29, 1.82) is 0 Å². The van der Waals surface area contributed by atoms with Gasteiger partial charge in [-0.15, -0.1) is 0 Å². The molecule has 1 aliphatic heterocycles. The van der Waals surface area contributed by atoms with Crippen LogP contribution in [0.2, 0.25) is 0 Å². The Bertz CT molecular complexity index is 869. The Labute approximate surface area is 179 Å². The van der Waals surface area contributed by atoms with Gasteiger partial charge in [0.05, 0.1) is 23.1 Å². The van der Waals surface area contributed by atoms with E-state index in [1.807, 2.05) is 6.92 Å². The first kappa shape index (κ1) is 22.5. The lowest BCUT2D eigenvalue weighted by molar-refractivity contribution is 0.0441. The molecule has 0 saturated carbocycles. The van der Waals surface area contributed by atoms with Gasteiger partial charge in [0.2, 0.25) is 0 Å². The summed E-state index contributed by atoms with van der Waals surface area (Å²) >= 11 is 0. The van der Waals surface area contributed by atoms with Crippen molar-refractivity contribution in [2.75, 3.05) is 6.54 Å². The molecule has 1 N–H and O–H groups in total. The number of unbranched alkanes of at least 4 members (excludes halogenated alkanes) is 1. The molecular weight excluding hydrogens is 379 g/mol. The van der Waals surface area contributed by atoms with Gasteiger partial charge in [-0.05, 0) is 78.1 Å². The van der Waals surface area contributed by atoms with E-state index in [0.717, 1.165) is 43.6 Å². The fourth-order valence-corrected chi connectivity index (χ4v) is 4.88. The third-order valence-corrected chi connectivity index (χ3v) is 5.93. The van der Waals surface area contributed by atoms with E-state index in [1.165, 1.54) is 12.1 Å². The number of carbonyl (C=O) groups excluding carboxylic acids is 1. The summed E-state index contributed by atoms with van der Waals surface area (Å²) in [6.45, 7) is 13.6. The molecule has 1 aromatic heterocycles. The van der Waals surface area contributed by atoms with Crippen molar-refractivity contribution in [3.05, 3.63) is 47.5 Å². The number of hydrogen-bond donors (Lipinski definition) is 1. The molecule has 164 valence electrons. The van der Waals surface area contributed by atoms with Crippen LogP contribution in [0, 0.1) is 12.7 Å². The lowest BCUT2D eigenvalue weighted by Gasteiger charge is -2.49. The molecule has 0 radical (unpaired) electrons. The molecule has 0 aliphatic carbocycles. The second kappa shape index (κ2) is 8.50. The monoisotopic (exact) mass is 414 g/mol. The topological polar surface area (TPSA) is 50.2 Å². The molecule has 30 heavy (non-hydrogen) atoms. The first-order valence-electron chi connectivity index (χ1n) is 10.9. The molecule has 1 aromatic carbocycles. The Hall–Kier alpha value is -2.21. The van der Waals surface area contributed by atoms with Crippen molar-refractivity contribution in [1.82, 2.24) is 20.0 Å². The van der Waals surface area contributed by atoms with E-state index in [1.54, 1.807) is 23.0 Å². The minimum Gasteiger partial charge on any atom is -0.335 e. The Morgan fingerprint density at radius 1 is 1.20 bits per heavy atom. The van der Waals surface area contributed by atoms with Gasteiger partial charge >= 0.3 is 0 Å². The van der Waals surface area contributed by atoms with Gasteiger partial charge < -0.3 is 10.2 Å². The Balaban J connectivity index is 1.92. The highest BCUT2D eigenvalue weighted by Crippen LogP contribution is 2.33. The number of carbonyl (C=O) groups is 1. The molecule has 0 bridgehead atoms. The molecule has 1 saturated heterocycles. The number of rotatable bonds is 6. The summed E-state index contributed by atoms with van der Waals surface area (Å²) in [5, 5.41) is 8.14. The van der Waals surface area contributed by atoms with Gasteiger partial charge in [0, 0.05) is 23.7 Å². The van der Waals surface area contributed by atoms with Crippen molar-refractivity contribution in [3.63, 3.8) is 0 Å². The molecule has 3 rings (SSSR count). The van der Waals surface area contributed by atoms with Crippen LogP contribution >= 0.6 is 0 Å². The Morgan fingerprint density at radius 3 is 2.37 bits per heavy atom. The average molecular weight is 415 g/mol. The molecule has 2 aromatic rings. The molecule has 5 nitrogen and oxygen atoms in total. The van der Waals surface area contributed by atoms with Crippen LogP contribution < -0.4 is 5.32 Å². The van der Waals surface area contributed by atoms with Gasteiger partial charge in [-0.1, -0.05) is 13.3 Å². The summed E-state index contributed by atoms with van der Waals surface area (Å²) in [5.74, 6) is -0.255. The summed E-state index contributed by atoms with van der Waals surface area (Å²) in [6.07, 6.45) is 5.49. The maximum atomic E-state index is 13.7. The van der Waals surface area contributed by atoms with Gasteiger partial charge in [0.25, 0.3) is 5.91 Å². The van der Waals surface area contributed by atoms with Gasteiger partial charge in [-0.2, -0.15) is 5.10 Å². The molecule has 0 atom stereocenters. The normalized spacial score (nSPS) is 18.4. The standard InChI is InChI=1S/C24H35FN4O/c1-7-8-13-28(20-14-23(3,4)27-24(5,6)15-20)22(30)21-16-26-29(17(21)2)19-11-9-18(25)10-12-19/h9-12,16,20,27H,7-8,13-15H2,1-6H3. The first-order valence-corrected chi connectivity index (χ1v) is 10.9. The molecule has 1 amide bonds. The van der Waals surface area contributed by atoms with Crippen LogP contribution in [0.15, 0.2) is 30.5 Å². The highest BCUT2D eigenvalue weighted by Gasteiger charge is 2.41. The van der Waals surface area contributed by atoms with Crippen molar-refractivity contribution in [3.8, 4) is 5.69 Å². The summed E-state index contributed by atoms with van der Waals surface area (Å²) in [4.78, 5) is 15.7. The molecule has 1 fully saturated rings. The van der Waals surface area contributed by atoms with Crippen LogP contribution in [-0.4, -0.2) is 44.3 Å². The van der Waals surface area contributed by atoms with E-state index < -0.39 is 0 Å². The summed E-state index contributed by atoms with van der Waals surface area (Å²) in [5.41, 5.74) is 2.07. The molecule has 0 unspecified atom stereocenters. The SMILES string of the molecule is CCCCN(C(=O)c1cnn(-c2ccc(F)cc2)c1C)C1CC(C)(C)NC(C)(C)C1. The number of nitrogens with one attached hydrogen (secondary N) is 1. The predicted molar refractivity (Wildman–Crippen MR) is 119 cm³/mol. The van der Waals surface area contributed by atoms with Crippen LogP contribution in [0.5, 0.6) is 0 Å². The van der Waals surface area contributed by atoms with Gasteiger partial charge in [0.15, 0.2) is 0 Å². The fraction of sp³-hybridized carbons (Fsp3) is 0.583. The van der Waals surface area contributed by atoms with Crippen molar-refractivity contribution >= 4 is 5.91 Å². The first-order chi connectivity index (χ1) is 14.0. The molecular formula is C24H35FN4O. The van der Waals surface area contributed by atoms with Crippen molar-refractivity contribution in [2.24, 2.45) is 0 Å². The molecule has 2 heterocycles. The van der Waals surface area contributed by atoms with E-state index in [0.29, 0.717) is 5.56 Å². The average Bonchev–Trinajstić information content (AvgIpc) is 3.01. The van der Waals surface area contributed by atoms with Crippen molar-refractivity contribution < 1.29 is 9.18 Å².